The third-order valence-electron chi connectivity index (χ3n) is 2.78. The highest BCUT2D eigenvalue weighted by atomic mass is 32.1. The minimum Gasteiger partial charge on any atom is -0.312 e. The normalized spacial score (nSPS) is 12.9. The van der Waals surface area contributed by atoms with Crippen molar-refractivity contribution in [1.29, 1.82) is 0 Å². The zero-order valence-corrected chi connectivity index (χ0v) is 12.1. The highest BCUT2D eigenvalue weighted by Gasteiger charge is 2.08. The molecule has 0 aliphatic heterocycles. The molecule has 2 heterocycles. The second-order valence-electron chi connectivity index (χ2n) is 4.34. The largest absolute Gasteiger partial charge is 0.312 e. The van der Waals surface area contributed by atoms with Gasteiger partial charge in [0.2, 0.25) is 0 Å². The van der Waals surface area contributed by atoms with Crippen molar-refractivity contribution in [3.63, 3.8) is 0 Å². The molecule has 2 rings (SSSR count). The van der Waals surface area contributed by atoms with Crippen LogP contribution in [0.15, 0.2) is 17.6 Å². The second kappa shape index (κ2) is 5.76. The third kappa shape index (κ3) is 3.37. The summed E-state index contributed by atoms with van der Waals surface area (Å²) in [7, 11) is 0. The molecule has 4 heteroatoms. The first kappa shape index (κ1) is 12.7. The van der Waals surface area contributed by atoms with Gasteiger partial charge in [0, 0.05) is 40.3 Å². The topological polar surface area (TPSA) is 24.9 Å². The van der Waals surface area contributed by atoms with E-state index in [2.05, 4.69) is 37.1 Å². The number of rotatable bonds is 5. The predicted molar refractivity (Wildman–Crippen MR) is 76.0 cm³/mol. The first-order valence-corrected chi connectivity index (χ1v) is 7.52. The lowest BCUT2D eigenvalue weighted by Gasteiger charge is -2.09. The smallest absolute Gasteiger partial charge is 0.0965 e. The standard InChI is InChI=1S/C13H18N2S2/c1-9(13-15-4-5-16-13)7-14-8-12-6-10(2)17-11(12)3/h4-6,9,14H,7-8H2,1-3H3. The molecule has 0 spiro atoms. The van der Waals surface area contributed by atoms with E-state index in [0.717, 1.165) is 13.1 Å². The van der Waals surface area contributed by atoms with Crippen molar-refractivity contribution in [1.82, 2.24) is 10.3 Å². The van der Waals surface area contributed by atoms with Gasteiger partial charge >= 0.3 is 0 Å². The Morgan fingerprint density at radius 2 is 2.24 bits per heavy atom. The number of thiazole rings is 1. The summed E-state index contributed by atoms with van der Waals surface area (Å²) >= 11 is 3.61. The Morgan fingerprint density at radius 1 is 1.41 bits per heavy atom. The number of aromatic nitrogens is 1. The molecule has 2 nitrogen and oxygen atoms in total. The summed E-state index contributed by atoms with van der Waals surface area (Å²) in [6.07, 6.45) is 1.88. The first-order valence-electron chi connectivity index (χ1n) is 5.83. The average Bonchev–Trinajstić information content (AvgIpc) is 2.89. The zero-order chi connectivity index (χ0) is 12.3. The molecular weight excluding hydrogens is 248 g/mol. The van der Waals surface area contributed by atoms with Crippen molar-refractivity contribution in [2.75, 3.05) is 6.54 Å². The van der Waals surface area contributed by atoms with E-state index >= 15 is 0 Å². The van der Waals surface area contributed by atoms with Crippen LogP contribution in [0.3, 0.4) is 0 Å². The summed E-state index contributed by atoms with van der Waals surface area (Å²) in [6, 6.07) is 2.28. The quantitative estimate of drug-likeness (QED) is 0.892. The van der Waals surface area contributed by atoms with Crippen LogP contribution in [0, 0.1) is 13.8 Å². The molecule has 2 aromatic rings. The summed E-state index contributed by atoms with van der Waals surface area (Å²) in [5, 5.41) is 6.78. The van der Waals surface area contributed by atoms with Crippen molar-refractivity contribution in [3.05, 3.63) is 38.0 Å². The Kier molecular flexibility index (Phi) is 4.31. The lowest BCUT2D eigenvalue weighted by molar-refractivity contribution is 0.612. The minimum atomic E-state index is 0.495. The van der Waals surface area contributed by atoms with E-state index in [1.807, 2.05) is 22.9 Å². The monoisotopic (exact) mass is 266 g/mol. The molecule has 1 N–H and O–H groups in total. The molecule has 0 aliphatic rings. The van der Waals surface area contributed by atoms with Crippen LogP contribution in [-0.4, -0.2) is 11.5 Å². The predicted octanol–water partition coefficient (Wildman–Crippen LogP) is 3.71. The molecule has 0 bridgehead atoms. The van der Waals surface area contributed by atoms with Crippen LogP contribution in [0.5, 0.6) is 0 Å². The lowest BCUT2D eigenvalue weighted by Crippen LogP contribution is -2.19. The summed E-state index contributed by atoms with van der Waals surface area (Å²) < 4.78 is 0. The molecule has 0 saturated heterocycles. The third-order valence-corrected chi connectivity index (χ3v) is 4.80. The second-order valence-corrected chi connectivity index (χ2v) is 6.73. The van der Waals surface area contributed by atoms with Crippen molar-refractivity contribution in [2.45, 2.75) is 33.2 Å². The van der Waals surface area contributed by atoms with Crippen LogP contribution in [0.2, 0.25) is 0 Å². The van der Waals surface area contributed by atoms with Crippen molar-refractivity contribution >= 4 is 22.7 Å². The molecule has 0 radical (unpaired) electrons. The molecule has 0 aromatic carbocycles. The van der Waals surface area contributed by atoms with Gasteiger partial charge in [-0.3, -0.25) is 0 Å². The fourth-order valence-corrected chi connectivity index (χ4v) is 3.49. The highest BCUT2D eigenvalue weighted by molar-refractivity contribution is 7.12. The van der Waals surface area contributed by atoms with Gasteiger partial charge < -0.3 is 5.32 Å². The zero-order valence-electron chi connectivity index (χ0n) is 10.5. The van der Waals surface area contributed by atoms with E-state index in [4.69, 9.17) is 0 Å². The van der Waals surface area contributed by atoms with Gasteiger partial charge in [0.05, 0.1) is 5.01 Å². The maximum Gasteiger partial charge on any atom is 0.0965 e. The van der Waals surface area contributed by atoms with E-state index in [-0.39, 0.29) is 0 Å². The maximum atomic E-state index is 4.34. The van der Waals surface area contributed by atoms with Crippen LogP contribution in [0.1, 0.15) is 33.2 Å². The van der Waals surface area contributed by atoms with Gasteiger partial charge in [0.15, 0.2) is 0 Å². The van der Waals surface area contributed by atoms with E-state index in [0.29, 0.717) is 5.92 Å². The Balaban J connectivity index is 1.82. The van der Waals surface area contributed by atoms with E-state index in [9.17, 15) is 0 Å². The summed E-state index contributed by atoms with van der Waals surface area (Å²) in [6.45, 7) is 8.53. The lowest BCUT2D eigenvalue weighted by atomic mass is 10.2. The van der Waals surface area contributed by atoms with Crippen LogP contribution in [0.25, 0.3) is 0 Å². The van der Waals surface area contributed by atoms with Gasteiger partial charge in [0.25, 0.3) is 0 Å². The van der Waals surface area contributed by atoms with Crippen molar-refractivity contribution in [3.8, 4) is 0 Å². The molecule has 2 aromatic heterocycles. The number of thiophene rings is 1. The van der Waals surface area contributed by atoms with E-state index < -0.39 is 0 Å². The van der Waals surface area contributed by atoms with Gasteiger partial charge in [-0.1, -0.05) is 6.92 Å². The van der Waals surface area contributed by atoms with Gasteiger partial charge in [-0.25, -0.2) is 4.98 Å². The number of hydrogen-bond acceptors (Lipinski definition) is 4. The van der Waals surface area contributed by atoms with Crippen LogP contribution < -0.4 is 5.32 Å². The van der Waals surface area contributed by atoms with Crippen LogP contribution >= 0.6 is 22.7 Å². The fraction of sp³-hybridized carbons (Fsp3) is 0.462. The molecule has 17 heavy (non-hydrogen) atoms. The van der Waals surface area contributed by atoms with E-state index in [1.165, 1.54) is 20.3 Å². The number of nitrogens with zero attached hydrogens (tertiary/aromatic N) is 1. The molecule has 92 valence electrons. The Bertz CT molecular complexity index is 460. The Hall–Kier alpha value is -0.710. The molecule has 1 unspecified atom stereocenters. The van der Waals surface area contributed by atoms with Gasteiger partial charge in [0.1, 0.15) is 0 Å². The summed E-state index contributed by atoms with van der Waals surface area (Å²) in [5.74, 6) is 0.495. The number of nitrogens with one attached hydrogen (secondary N) is 1. The fourth-order valence-electron chi connectivity index (χ4n) is 1.85. The van der Waals surface area contributed by atoms with Gasteiger partial charge in [-0.2, -0.15) is 0 Å². The number of hydrogen-bond donors (Lipinski definition) is 1. The summed E-state index contributed by atoms with van der Waals surface area (Å²) in [5.41, 5.74) is 1.43. The first-order chi connectivity index (χ1) is 8.16. The van der Waals surface area contributed by atoms with Crippen LogP contribution in [0.4, 0.5) is 0 Å². The average molecular weight is 266 g/mol. The van der Waals surface area contributed by atoms with E-state index in [1.54, 1.807) is 11.3 Å². The SMILES string of the molecule is Cc1cc(CNCC(C)c2nccs2)c(C)s1. The molecule has 1 atom stereocenters. The molecule has 0 fully saturated rings. The molecule has 0 amide bonds. The van der Waals surface area contributed by atoms with Gasteiger partial charge in [-0.15, -0.1) is 22.7 Å². The minimum absolute atomic E-state index is 0.495. The molecule has 0 saturated carbocycles. The van der Waals surface area contributed by atoms with Crippen molar-refractivity contribution < 1.29 is 0 Å². The van der Waals surface area contributed by atoms with Gasteiger partial charge in [-0.05, 0) is 25.5 Å². The number of aryl methyl sites for hydroxylation is 2. The maximum absolute atomic E-state index is 4.34. The van der Waals surface area contributed by atoms with Crippen molar-refractivity contribution in [2.24, 2.45) is 0 Å². The highest BCUT2D eigenvalue weighted by Crippen LogP contribution is 2.21. The molecule has 0 aliphatic carbocycles. The summed E-state index contributed by atoms with van der Waals surface area (Å²) in [4.78, 5) is 7.17. The van der Waals surface area contributed by atoms with Crippen LogP contribution in [-0.2, 0) is 6.54 Å². The molecular formula is C13H18N2S2. The Morgan fingerprint density at radius 3 is 2.82 bits per heavy atom. The Labute approximate surface area is 111 Å².